The van der Waals surface area contributed by atoms with Gasteiger partial charge >= 0.3 is 12.1 Å². The molecule has 0 radical (unpaired) electrons. The monoisotopic (exact) mass is 414 g/mol. The normalized spacial score (nSPS) is 16.6. The van der Waals surface area contributed by atoms with E-state index < -0.39 is 23.9 Å². The summed E-state index contributed by atoms with van der Waals surface area (Å²) in [7, 11) is 0.833. The van der Waals surface area contributed by atoms with Gasteiger partial charge in [-0.2, -0.15) is 13.2 Å². The maximum absolute atomic E-state index is 13.8. The van der Waals surface area contributed by atoms with Crippen LogP contribution in [0, 0.1) is 5.92 Å². The van der Waals surface area contributed by atoms with Gasteiger partial charge in [-0.05, 0) is 31.3 Å². The Morgan fingerprint density at radius 2 is 1.86 bits per heavy atom. The molecule has 29 heavy (non-hydrogen) atoms. The first-order valence-electron chi connectivity index (χ1n) is 9.38. The number of aliphatic hydroxyl groups excluding tert-OH is 1. The van der Waals surface area contributed by atoms with Crippen LogP contribution in [0.15, 0.2) is 54.1 Å². The van der Waals surface area contributed by atoms with Crippen LogP contribution in [0.2, 0.25) is 0 Å². The Morgan fingerprint density at radius 1 is 1.28 bits per heavy atom. The second-order valence-corrected chi connectivity index (χ2v) is 7.13. The number of hydrogen-bond donors (Lipinski definition) is 1. The molecule has 0 fully saturated rings. The highest BCUT2D eigenvalue weighted by atomic mass is 19.4. The number of allylic oxidation sites excluding steroid dienone is 2. The first-order valence-corrected chi connectivity index (χ1v) is 9.38. The van der Waals surface area contributed by atoms with Crippen LogP contribution in [-0.4, -0.2) is 37.1 Å². The third-order valence-corrected chi connectivity index (χ3v) is 4.63. The van der Waals surface area contributed by atoms with Gasteiger partial charge in [0.05, 0.1) is 12.7 Å². The van der Waals surface area contributed by atoms with E-state index in [-0.39, 0.29) is 18.1 Å². The van der Waals surface area contributed by atoms with Crippen molar-refractivity contribution in [2.45, 2.75) is 51.5 Å². The minimum absolute atomic E-state index is 0.227. The predicted molar refractivity (Wildman–Crippen MR) is 105 cm³/mol. The van der Waals surface area contributed by atoms with Gasteiger partial charge in [-0.3, -0.25) is 0 Å². The summed E-state index contributed by atoms with van der Waals surface area (Å²) < 4.78 is 51.2. The molecule has 4 nitrogen and oxygen atoms in total. The molecule has 1 aromatic carbocycles. The highest BCUT2D eigenvalue weighted by molar-refractivity contribution is 5.82. The van der Waals surface area contributed by atoms with Crippen LogP contribution in [0.4, 0.5) is 13.2 Å². The van der Waals surface area contributed by atoms with Gasteiger partial charge in [0, 0.05) is 12.7 Å². The molecule has 0 bridgehead atoms. The summed E-state index contributed by atoms with van der Waals surface area (Å²) >= 11 is 0. The van der Waals surface area contributed by atoms with Crippen LogP contribution in [0.1, 0.15) is 39.2 Å². The molecule has 1 rings (SSSR count). The van der Waals surface area contributed by atoms with Gasteiger partial charge in [-0.15, -0.1) is 0 Å². The van der Waals surface area contributed by atoms with E-state index in [1.54, 1.807) is 26.0 Å². The summed E-state index contributed by atoms with van der Waals surface area (Å²) in [4.78, 5) is 12.5. The fourth-order valence-electron chi connectivity index (χ4n) is 3.01. The number of rotatable bonds is 10. The molecule has 0 aromatic heterocycles. The molecule has 0 saturated carbocycles. The van der Waals surface area contributed by atoms with E-state index in [0.717, 1.165) is 12.7 Å². The van der Waals surface area contributed by atoms with Gasteiger partial charge in [0.25, 0.3) is 5.60 Å². The molecule has 0 amide bonds. The number of alkyl halides is 3. The number of ether oxygens (including phenoxy) is 2. The number of esters is 1. The summed E-state index contributed by atoms with van der Waals surface area (Å²) in [5.74, 6) is -1.78. The Labute approximate surface area is 170 Å². The van der Waals surface area contributed by atoms with Crippen molar-refractivity contribution in [3.8, 4) is 0 Å². The molecular weight excluding hydrogens is 385 g/mol. The van der Waals surface area contributed by atoms with Crippen molar-refractivity contribution < 1.29 is 32.5 Å². The van der Waals surface area contributed by atoms with Crippen LogP contribution in [-0.2, 0) is 19.9 Å². The van der Waals surface area contributed by atoms with Crippen LogP contribution in [0.3, 0.4) is 0 Å². The zero-order chi connectivity index (χ0) is 22.2. The van der Waals surface area contributed by atoms with Crippen molar-refractivity contribution in [3.63, 3.8) is 0 Å². The topological polar surface area (TPSA) is 55.8 Å². The third-order valence-electron chi connectivity index (χ3n) is 4.63. The second kappa shape index (κ2) is 10.6. The average Bonchev–Trinajstić information content (AvgIpc) is 2.66. The molecule has 3 atom stereocenters. The number of benzene rings is 1. The zero-order valence-corrected chi connectivity index (χ0v) is 17.3. The lowest BCUT2D eigenvalue weighted by atomic mass is 9.92. The summed E-state index contributed by atoms with van der Waals surface area (Å²) in [6, 6.07) is 6.69. The van der Waals surface area contributed by atoms with E-state index >= 15 is 0 Å². The van der Waals surface area contributed by atoms with E-state index in [9.17, 15) is 23.1 Å². The standard InChI is InChI=1S/C22H29F3O4/c1-6-19(26)17(4)13-15(2)12-16(3)14-29-20(27)21(28-5,22(23,24)25)18-10-8-7-9-11-18/h7-11,13,16,19,26H,2,6,12,14H2,1,3-5H3/b17-13+/t16-,19-,21+/m0/s1. The van der Waals surface area contributed by atoms with Crippen molar-refractivity contribution in [1.29, 1.82) is 0 Å². The van der Waals surface area contributed by atoms with Crippen LogP contribution >= 0.6 is 0 Å². The van der Waals surface area contributed by atoms with Crippen molar-refractivity contribution in [2.75, 3.05) is 13.7 Å². The van der Waals surface area contributed by atoms with E-state index in [2.05, 4.69) is 6.58 Å². The molecule has 0 heterocycles. The SMILES string of the molecule is C=C(/C=C(\C)[C@@H](O)CC)C[C@H](C)COC(=O)[C@](OC)(c1ccccc1)C(F)(F)F. The summed E-state index contributed by atoms with van der Waals surface area (Å²) in [6.07, 6.45) is -2.86. The minimum Gasteiger partial charge on any atom is -0.463 e. The Hall–Kier alpha value is -2.12. The van der Waals surface area contributed by atoms with E-state index in [1.807, 2.05) is 6.92 Å². The molecule has 7 heteroatoms. The average molecular weight is 414 g/mol. The number of halogens is 3. The van der Waals surface area contributed by atoms with Crippen LogP contribution < -0.4 is 0 Å². The highest BCUT2D eigenvalue weighted by Gasteiger charge is 2.64. The summed E-state index contributed by atoms with van der Waals surface area (Å²) in [6.45, 7) is 9.04. The number of aliphatic hydroxyl groups is 1. The molecule has 0 aliphatic carbocycles. The minimum atomic E-state index is -5.00. The van der Waals surface area contributed by atoms with Crippen molar-refractivity contribution in [1.82, 2.24) is 0 Å². The van der Waals surface area contributed by atoms with Gasteiger partial charge in [0.1, 0.15) is 0 Å². The molecule has 0 aliphatic rings. The lowest BCUT2D eigenvalue weighted by molar-refractivity contribution is -0.276. The predicted octanol–water partition coefficient (Wildman–Crippen LogP) is 4.93. The molecule has 1 aromatic rings. The number of carbonyl (C=O) groups is 1. The number of hydrogen-bond acceptors (Lipinski definition) is 4. The Bertz CT molecular complexity index is 713. The van der Waals surface area contributed by atoms with E-state index in [1.165, 1.54) is 24.3 Å². The van der Waals surface area contributed by atoms with E-state index in [4.69, 9.17) is 9.47 Å². The second-order valence-electron chi connectivity index (χ2n) is 7.13. The Kier molecular flexibility index (Phi) is 9.11. The van der Waals surface area contributed by atoms with E-state index in [0.29, 0.717) is 18.4 Å². The van der Waals surface area contributed by atoms with Gasteiger partial charge in [0.15, 0.2) is 0 Å². The lowest BCUT2D eigenvalue weighted by Gasteiger charge is -2.32. The zero-order valence-electron chi connectivity index (χ0n) is 17.3. The molecule has 0 spiro atoms. The lowest BCUT2D eigenvalue weighted by Crippen LogP contribution is -2.52. The number of methoxy groups -OCH3 is 1. The number of carbonyl (C=O) groups excluding carboxylic acids is 1. The molecule has 0 aliphatic heterocycles. The Morgan fingerprint density at radius 3 is 2.34 bits per heavy atom. The molecule has 1 N–H and O–H groups in total. The largest absolute Gasteiger partial charge is 0.463 e. The molecule has 0 unspecified atom stereocenters. The van der Waals surface area contributed by atoms with Crippen LogP contribution in [0.25, 0.3) is 0 Å². The molecule has 162 valence electrons. The fourth-order valence-corrected chi connectivity index (χ4v) is 3.01. The van der Waals surface area contributed by atoms with Gasteiger partial charge in [0.2, 0.25) is 0 Å². The maximum Gasteiger partial charge on any atom is 0.432 e. The van der Waals surface area contributed by atoms with Crippen molar-refractivity contribution in [3.05, 3.63) is 59.7 Å². The fraction of sp³-hybridized carbons (Fsp3) is 0.500. The van der Waals surface area contributed by atoms with Crippen LogP contribution in [0.5, 0.6) is 0 Å². The highest BCUT2D eigenvalue weighted by Crippen LogP contribution is 2.43. The van der Waals surface area contributed by atoms with Gasteiger partial charge in [-0.1, -0.05) is 62.4 Å². The summed E-state index contributed by atoms with van der Waals surface area (Å²) in [5, 5.41) is 9.79. The first kappa shape index (κ1) is 24.9. The first-order chi connectivity index (χ1) is 13.5. The van der Waals surface area contributed by atoms with Crippen molar-refractivity contribution >= 4 is 5.97 Å². The quantitative estimate of drug-likeness (QED) is 0.436. The molecule has 0 saturated heterocycles. The van der Waals surface area contributed by atoms with Gasteiger partial charge in [-0.25, -0.2) is 4.79 Å². The maximum atomic E-state index is 13.8. The smallest absolute Gasteiger partial charge is 0.432 e. The summed E-state index contributed by atoms with van der Waals surface area (Å²) in [5.41, 5.74) is -2.09. The molecular formula is C22H29F3O4. The van der Waals surface area contributed by atoms with Crippen molar-refractivity contribution in [2.24, 2.45) is 5.92 Å². The third kappa shape index (κ3) is 6.18. The Balaban J connectivity index is 2.88. The van der Waals surface area contributed by atoms with Gasteiger partial charge < -0.3 is 14.6 Å².